The largest absolute Gasteiger partial charge is 0.454 e. The van der Waals surface area contributed by atoms with Crippen LogP contribution < -0.4 is 0 Å². The fraction of sp³-hybridized carbons (Fsp3) is 0. The van der Waals surface area contributed by atoms with E-state index in [1.54, 1.807) is 0 Å². The van der Waals surface area contributed by atoms with E-state index in [4.69, 9.17) is 4.42 Å². The zero-order valence-corrected chi connectivity index (χ0v) is 29.8. The van der Waals surface area contributed by atoms with Gasteiger partial charge in [-0.25, -0.2) is 0 Å². The van der Waals surface area contributed by atoms with Crippen molar-refractivity contribution in [2.75, 3.05) is 0 Å². The Bertz CT molecular complexity index is 3470. The number of hydrogen-bond acceptors (Lipinski definition) is 1. The topological polar surface area (TPSA) is 23.0 Å². The Morgan fingerprint density at radius 2 is 0.891 bits per heavy atom. The van der Waals surface area contributed by atoms with Crippen molar-refractivity contribution in [3.05, 3.63) is 194 Å². The molecular weight excluding hydrogens is 669 g/mol. The lowest BCUT2D eigenvalue weighted by Gasteiger charge is -2.11. The molecule has 0 bridgehead atoms. The highest BCUT2D eigenvalue weighted by atomic mass is 16.3. The second kappa shape index (κ2) is 11.6. The number of para-hydroxylation sites is 3. The molecule has 0 radical (unpaired) electrons. The molecule has 0 saturated carbocycles. The van der Waals surface area contributed by atoms with E-state index in [1.807, 2.05) is 0 Å². The summed E-state index contributed by atoms with van der Waals surface area (Å²) in [5, 5.41) is 9.57. The number of rotatable bonds is 4. The molecular formula is C52H32N2O. The molecule has 12 rings (SSSR count). The highest BCUT2D eigenvalue weighted by Crippen LogP contribution is 2.43. The first-order chi connectivity index (χ1) is 27.3. The third-order valence-electron chi connectivity index (χ3n) is 11.5. The zero-order valence-electron chi connectivity index (χ0n) is 29.8. The molecule has 0 saturated heterocycles. The second-order valence-electron chi connectivity index (χ2n) is 14.5. The third-order valence-corrected chi connectivity index (χ3v) is 11.5. The molecule has 0 aliphatic carbocycles. The van der Waals surface area contributed by atoms with Gasteiger partial charge in [0.05, 0.1) is 27.8 Å². The second-order valence-corrected chi connectivity index (χ2v) is 14.5. The number of benzene rings is 9. The van der Waals surface area contributed by atoms with E-state index in [9.17, 15) is 0 Å². The van der Waals surface area contributed by atoms with Crippen LogP contribution in [0.15, 0.2) is 199 Å². The average Bonchev–Trinajstić information content (AvgIpc) is 3.91. The van der Waals surface area contributed by atoms with E-state index in [1.165, 1.54) is 65.6 Å². The highest BCUT2D eigenvalue weighted by Gasteiger charge is 2.21. The lowest BCUT2D eigenvalue weighted by Crippen LogP contribution is -1.95. The van der Waals surface area contributed by atoms with Gasteiger partial charge in [0.2, 0.25) is 0 Å². The van der Waals surface area contributed by atoms with Crippen LogP contribution in [-0.2, 0) is 0 Å². The number of furan rings is 1. The molecule has 0 unspecified atom stereocenters. The smallest absolute Gasteiger partial charge is 0.159 e. The van der Waals surface area contributed by atoms with Crippen molar-refractivity contribution in [1.82, 2.24) is 9.13 Å². The maximum atomic E-state index is 6.78. The van der Waals surface area contributed by atoms with E-state index in [0.29, 0.717) is 0 Å². The Labute approximate surface area is 316 Å². The van der Waals surface area contributed by atoms with E-state index < -0.39 is 0 Å². The van der Waals surface area contributed by atoms with Gasteiger partial charge in [-0.3, -0.25) is 0 Å². The van der Waals surface area contributed by atoms with Crippen LogP contribution in [-0.4, -0.2) is 9.13 Å². The molecule has 3 aromatic heterocycles. The van der Waals surface area contributed by atoms with Crippen LogP contribution in [0.1, 0.15) is 0 Å². The quantitative estimate of drug-likeness (QED) is 0.179. The molecule has 3 heteroatoms. The van der Waals surface area contributed by atoms with Crippen molar-refractivity contribution in [2.24, 2.45) is 0 Å². The lowest BCUT2D eigenvalue weighted by molar-refractivity contribution is 0.666. The minimum absolute atomic E-state index is 0.896. The number of fused-ring (bicyclic) bond motifs is 11. The summed E-state index contributed by atoms with van der Waals surface area (Å²) >= 11 is 0. The Kier molecular flexibility index (Phi) is 6.34. The summed E-state index contributed by atoms with van der Waals surface area (Å²) in [5.74, 6) is 0. The van der Waals surface area contributed by atoms with Gasteiger partial charge in [-0.15, -0.1) is 0 Å². The number of nitrogens with zero attached hydrogens (tertiary/aromatic N) is 2. The van der Waals surface area contributed by atoms with Crippen molar-refractivity contribution in [1.29, 1.82) is 0 Å². The summed E-state index contributed by atoms with van der Waals surface area (Å²) in [4.78, 5) is 0. The highest BCUT2D eigenvalue weighted by molar-refractivity contribution is 6.22. The van der Waals surface area contributed by atoms with Crippen LogP contribution in [0, 0.1) is 0 Å². The summed E-state index contributed by atoms with van der Waals surface area (Å²) in [7, 11) is 0. The molecule has 3 nitrogen and oxygen atoms in total. The van der Waals surface area contributed by atoms with Crippen molar-refractivity contribution in [3.8, 4) is 33.6 Å². The molecule has 12 aromatic rings. The zero-order chi connectivity index (χ0) is 36.0. The summed E-state index contributed by atoms with van der Waals surface area (Å²) in [6.45, 7) is 0. The standard InChI is InChI=1S/C52H32N2O/c1-2-12-33(13-3-1)34-24-26-35(27-25-34)37-15-10-16-38(30-37)53-45-21-8-6-18-40(45)43-32-49-44(31-48(43)53)41-19-7-9-22-46(41)54(49)47-23-11-20-42-51-39-17-5-4-14-36(39)28-29-50(51)55-52(42)47/h1-32H. The van der Waals surface area contributed by atoms with Gasteiger partial charge in [0.1, 0.15) is 5.58 Å². The minimum atomic E-state index is 0.896. The number of hydrogen-bond donors (Lipinski definition) is 0. The molecule has 0 N–H and O–H groups in total. The van der Waals surface area contributed by atoms with Gasteiger partial charge >= 0.3 is 0 Å². The van der Waals surface area contributed by atoms with E-state index in [2.05, 4.69) is 203 Å². The molecule has 0 atom stereocenters. The molecule has 9 aromatic carbocycles. The third kappa shape index (κ3) is 4.44. The summed E-state index contributed by atoms with van der Waals surface area (Å²) in [5.41, 5.74) is 13.5. The Morgan fingerprint density at radius 1 is 0.327 bits per heavy atom. The molecule has 55 heavy (non-hydrogen) atoms. The van der Waals surface area contributed by atoms with Crippen LogP contribution >= 0.6 is 0 Å². The average molecular weight is 701 g/mol. The maximum Gasteiger partial charge on any atom is 0.159 e. The van der Waals surface area contributed by atoms with Crippen LogP contribution in [0.2, 0.25) is 0 Å². The van der Waals surface area contributed by atoms with Gasteiger partial charge in [0.25, 0.3) is 0 Å². The van der Waals surface area contributed by atoms with E-state index >= 15 is 0 Å². The Hall–Kier alpha value is -7.36. The van der Waals surface area contributed by atoms with Gasteiger partial charge in [-0.2, -0.15) is 0 Å². The molecule has 3 heterocycles. The molecule has 0 aliphatic heterocycles. The molecule has 0 amide bonds. The van der Waals surface area contributed by atoms with Crippen LogP contribution in [0.5, 0.6) is 0 Å². The van der Waals surface area contributed by atoms with Gasteiger partial charge < -0.3 is 13.6 Å². The van der Waals surface area contributed by atoms with Crippen LogP contribution in [0.3, 0.4) is 0 Å². The fourth-order valence-electron chi connectivity index (χ4n) is 9.01. The molecule has 0 spiro atoms. The van der Waals surface area contributed by atoms with Gasteiger partial charge in [-0.05, 0) is 81.6 Å². The van der Waals surface area contributed by atoms with Crippen molar-refractivity contribution < 1.29 is 4.42 Å². The van der Waals surface area contributed by atoms with E-state index in [0.717, 1.165) is 44.3 Å². The first-order valence-electron chi connectivity index (χ1n) is 18.8. The molecule has 0 aliphatic rings. The van der Waals surface area contributed by atoms with Crippen molar-refractivity contribution in [2.45, 2.75) is 0 Å². The minimum Gasteiger partial charge on any atom is -0.454 e. The fourth-order valence-corrected chi connectivity index (χ4v) is 9.01. The van der Waals surface area contributed by atoms with Crippen LogP contribution in [0.25, 0.3) is 110 Å². The van der Waals surface area contributed by atoms with Crippen LogP contribution in [0.4, 0.5) is 0 Å². The maximum absolute atomic E-state index is 6.78. The van der Waals surface area contributed by atoms with Gasteiger partial charge in [-0.1, -0.05) is 146 Å². The van der Waals surface area contributed by atoms with E-state index in [-0.39, 0.29) is 0 Å². The Morgan fingerprint density at radius 3 is 1.65 bits per heavy atom. The number of aromatic nitrogens is 2. The first-order valence-corrected chi connectivity index (χ1v) is 18.8. The monoisotopic (exact) mass is 700 g/mol. The molecule has 0 fully saturated rings. The summed E-state index contributed by atoms with van der Waals surface area (Å²) in [6.07, 6.45) is 0. The van der Waals surface area contributed by atoms with Gasteiger partial charge in [0, 0.05) is 38.0 Å². The SMILES string of the molecule is c1ccc(-c2ccc(-c3cccc(-n4c5ccccc5c5cc6c(cc54)c4ccccc4n6-c4cccc5c4oc4ccc6ccccc6c45)c3)cc2)cc1. The summed E-state index contributed by atoms with van der Waals surface area (Å²) in [6, 6.07) is 70.2. The lowest BCUT2D eigenvalue weighted by atomic mass is 10.00. The Balaban J connectivity index is 1.09. The van der Waals surface area contributed by atoms with Crippen molar-refractivity contribution in [3.63, 3.8) is 0 Å². The predicted octanol–water partition coefficient (Wildman–Crippen LogP) is 14.3. The first kappa shape index (κ1) is 30.1. The predicted molar refractivity (Wildman–Crippen MR) is 231 cm³/mol. The molecule has 256 valence electrons. The summed E-state index contributed by atoms with van der Waals surface area (Å²) < 4.78 is 11.6. The van der Waals surface area contributed by atoms with Crippen molar-refractivity contribution >= 4 is 76.3 Å². The van der Waals surface area contributed by atoms with Gasteiger partial charge in [0.15, 0.2) is 5.58 Å². The normalized spacial score (nSPS) is 12.0.